The normalized spacial score (nSPS) is 9.50. The van der Waals surface area contributed by atoms with E-state index in [9.17, 15) is 4.79 Å². The van der Waals surface area contributed by atoms with Gasteiger partial charge < -0.3 is 9.47 Å². The van der Waals surface area contributed by atoms with Crippen molar-refractivity contribution in [2.75, 3.05) is 13.7 Å². The molecule has 2 rings (SSSR count). The number of aromatic nitrogens is 2. The summed E-state index contributed by atoms with van der Waals surface area (Å²) in [4.78, 5) is 19.9. The molecule has 0 N–H and O–H groups in total. The molecule has 0 aliphatic carbocycles. The van der Waals surface area contributed by atoms with Crippen molar-refractivity contribution >= 4 is 17.6 Å². The second-order valence-corrected chi connectivity index (χ2v) is 4.18. The van der Waals surface area contributed by atoms with E-state index < -0.39 is 5.97 Å². The van der Waals surface area contributed by atoms with Crippen molar-refractivity contribution in [2.45, 2.75) is 20.8 Å². The van der Waals surface area contributed by atoms with E-state index >= 15 is 0 Å². The number of hydrogen-bond donors (Lipinski definition) is 0. The molecule has 0 spiro atoms. The molecule has 118 valence electrons. The number of hydrogen-bond acceptors (Lipinski definition) is 5. The lowest BCUT2D eigenvalue weighted by molar-refractivity contribution is 0.0525. The number of carbonyl (C=O) groups is 1. The maximum Gasteiger partial charge on any atom is 0.342 e. The molecule has 0 radical (unpaired) electrons. The summed E-state index contributed by atoms with van der Waals surface area (Å²) >= 11 is 6.01. The Kier molecular flexibility index (Phi) is 7.32. The lowest BCUT2D eigenvalue weighted by Gasteiger charge is -2.08. The summed E-state index contributed by atoms with van der Waals surface area (Å²) in [6.45, 7) is 5.99. The fraction of sp³-hybridized carbons (Fsp3) is 0.312. The van der Waals surface area contributed by atoms with Gasteiger partial charge in [-0.3, -0.25) is 0 Å². The van der Waals surface area contributed by atoms with Crippen LogP contribution in [-0.2, 0) is 4.74 Å². The molecule has 0 unspecified atom stereocenters. The SMILES string of the molecule is CC.CCOC(=O)c1cnc(-c2ccccc2OC)nc1Cl. The van der Waals surface area contributed by atoms with Crippen molar-refractivity contribution in [3.05, 3.63) is 41.2 Å². The Morgan fingerprint density at radius 1 is 1.27 bits per heavy atom. The van der Waals surface area contributed by atoms with Crippen LogP contribution in [0.2, 0.25) is 5.15 Å². The minimum Gasteiger partial charge on any atom is -0.496 e. The van der Waals surface area contributed by atoms with Gasteiger partial charge >= 0.3 is 5.97 Å². The average molecular weight is 323 g/mol. The zero-order valence-corrected chi connectivity index (χ0v) is 13.8. The monoisotopic (exact) mass is 322 g/mol. The van der Waals surface area contributed by atoms with Crippen molar-refractivity contribution < 1.29 is 14.3 Å². The average Bonchev–Trinajstić information content (AvgIpc) is 2.56. The molecule has 0 amide bonds. The van der Waals surface area contributed by atoms with Gasteiger partial charge in [0.2, 0.25) is 0 Å². The number of halogens is 1. The van der Waals surface area contributed by atoms with E-state index in [4.69, 9.17) is 21.1 Å². The highest BCUT2D eigenvalue weighted by molar-refractivity contribution is 6.32. The van der Waals surface area contributed by atoms with Gasteiger partial charge in [0, 0.05) is 6.20 Å². The minimum atomic E-state index is -0.538. The second kappa shape index (κ2) is 9.00. The van der Waals surface area contributed by atoms with Crippen LogP contribution in [0.1, 0.15) is 31.1 Å². The lowest BCUT2D eigenvalue weighted by Crippen LogP contribution is -2.07. The molecule has 2 aromatic rings. The first-order valence-electron chi connectivity index (χ1n) is 7.00. The maximum atomic E-state index is 11.6. The highest BCUT2D eigenvalue weighted by atomic mass is 35.5. The summed E-state index contributed by atoms with van der Waals surface area (Å²) < 4.78 is 10.1. The number of benzene rings is 1. The quantitative estimate of drug-likeness (QED) is 0.628. The standard InChI is InChI=1S/C14H13ClN2O3.C2H6/c1-3-20-14(18)10-8-16-13(17-12(10)15)9-6-4-5-7-11(9)19-2;1-2/h4-8H,3H2,1-2H3;1-2H3. The van der Waals surface area contributed by atoms with E-state index in [1.54, 1.807) is 20.1 Å². The number of methoxy groups -OCH3 is 1. The van der Waals surface area contributed by atoms with Gasteiger partial charge in [0.05, 0.1) is 19.3 Å². The van der Waals surface area contributed by atoms with Gasteiger partial charge in [-0.25, -0.2) is 14.8 Å². The molecule has 0 bridgehead atoms. The van der Waals surface area contributed by atoms with Gasteiger partial charge in [0.1, 0.15) is 16.5 Å². The van der Waals surface area contributed by atoms with Gasteiger partial charge in [0.25, 0.3) is 0 Å². The molecule has 0 saturated heterocycles. The zero-order valence-electron chi connectivity index (χ0n) is 13.1. The first kappa shape index (κ1) is 17.9. The van der Waals surface area contributed by atoms with E-state index in [-0.39, 0.29) is 17.3 Å². The Hall–Kier alpha value is -2.14. The fourth-order valence-electron chi connectivity index (χ4n) is 1.67. The third kappa shape index (κ3) is 4.18. The second-order valence-electron chi connectivity index (χ2n) is 3.82. The van der Waals surface area contributed by atoms with E-state index in [1.165, 1.54) is 6.20 Å². The van der Waals surface area contributed by atoms with E-state index in [0.717, 1.165) is 0 Å². The number of ether oxygens (including phenoxy) is 2. The molecular formula is C16H19ClN2O3. The first-order chi connectivity index (χ1) is 10.7. The molecule has 0 aliphatic heterocycles. The van der Waals surface area contributed by atoms with Crippen LogP contribution in [0.3, 0.4) is 0 Å². The van der Waals surface area contributed by atoms with Crippen LogP contribution in [0, 0.1) is 0 Å². The van der Waals surface area contributed by atoms with Crippen LogP contribution in [0.4, 0.5) is 0 Å². The molecule has 0 fully saturated rings. The van der Waals surface area contributed by atoms with Gasteiger partial charge in [-0.05, 0) is 19.1 Å². The number of para-hydroxylation sites is 1. The van der Waals surface area contributed by atoms with Crippen LogP contribution in [0.5, 0.6) is 5.75 Å². The van der Waals surface area contributed by atoms with E-state index in [0.29, 0.717) is 17.1 Å². The lowest BCUT2D eigenvalue weighted by atomic mass is 10.2. The maximum absolute atomic E-state index is 11.6. The summed E-state index contributed by atoms with van der Waals surface area (Å²) in [7, 11) is 1.56. The predicted octanol–water partition coefficient (Wildman–Crippen LogP) is 4.01. The van der Waals surface area contributed by atoms with Crippen LogP contribution >= 0.6 is 11.6 Å². The Bertz CT molecular complexity index is 633. The largest absolute Gasteiger partial charge is 0.496 e. The first-order valence-corrected chi connectivity index (χ1v) is 7.38. The molecule has 0 aliphatic rings. The van der Waals surface area contributed by atoms with Crippen LogP contribution in [-0.4, -0.2) is 29.7 Å². The van der Waals surface area contributed by atoms with Crippen molar-refractivity contribution in [1.29, 1.82) is 0 Å². The van der Waals surface area contributed by atoms with Crippen molar-refractivity contribution in [3.63, 3.8) is 0 Å². The zero-order chi connectivity index (χ0) is 16.5. The number of esters is 1. The summed E-state index contributed by atoms with van der Waals surface area (Å²) in [5.41, 5.74) is 0.847. The summed E-state index contributed by atoms with van der Waals surface area (Å²) in [5, 5.41) is 0.0550. The smallest absolute Gasteiger partial charge is 0.342 e. The van der Waals surface area contributed by atoms with Crippen molar-refractivity contribution in [2.24, 2.45) is 0 Å². The Labute approximate surface area is 135 Å². The molecule has 1 aromatic carbocycles. The van der Waals surface area contributed by atoms with E-state index in [1.807, 2.05) is 32.0 Å². The molecular weight excluding hydrogens is 304 g/mol. The van der Waals surface area contributed by atoms with Gasteiger partial charge in [-0.15, -0.1) is 0 Å². The van der Waals surface area contributed by atoms with Crippen molar-refractivity contribution in [1.82, 2.24) is 9.97 Å². The molecule has 6 heteroatoms. The third-order valence-electron chi connectivity index (χ3n) is 2.59. The molecule has 0 saturated carbocycles. The fourth-order valence-corrected chi connectivity index (χ4v) is 1.87. The Balaban J connectivity index is 0.00000116. The van der Waals surface area contributed by atoms with Crippen LogP contribution in [0.15, 0.2) is 30.5 Å². The topological polar surface area (TPSA) is 61.3 Å². The molecule has 5 nitrogen and oxygen atoms in total. The number of rotatable bonds is 4. The third-order valence-corrected chi connectivity index (χ3v) is 2.87. The van der Waals surface area contributed by atoms with Gasteiger partial charge in [-0.2, -0.15) is 0 Å². The molecule has 1 aromatic heterocycles. The van der Waals surface area contributed by atoms with Crippen LogP contribution in [0.25, 0.3) is 11.4 Å². The summed E-state index contributed by atoms with van der Waals surface area (Å²) in [6, 6.07) is 7.30. The van der Waals surface area contributed by atoms with Crippen molar-refractivity contribution in [3.8, 4) is 17.1 Å². The van der Waals surface area contributed by atoms with E-state index in [2.05, 4.69) is 9.97 Å². The molecule has 22 heavy (non-hydrogen) atoms. The number of nitrogens with zero attached hydrogens (tertiary/aromatic N) is 2. The Morgan fingerprint density at radius 2 is 1.95 bits per heavy atom. The highest BCUT2D eigenvalue weighted by Gasteiger charge is 2.16. The number of carbonyl (C=O) groups excluding carboxylic acids is 1. The van der Waals surface area contributed by atoms with Gasteiger partial charge in [0.15, 0.2) is 5.82 Å². The van der Waals surface area contributed by atoms with Gasteiger partial charge in [-0.1, -0.05) is 37.6 Å². The minimum absolute atomic E-state index is 0.0550. The predicted molar refractivity (Wildman–Crippen MR) is 86.3 cm³/mol. The molecule has 0 atom stereocenters. The highest BCUT2D eigenvalue weighted by Crippen LogP contribution is 2.28. The Morgan fingerprint density at radius 3 is 2.55 bits per heavy atom. The molecule has 1 heterocycles. The summed E-state index contributed by atoms with van der Waals surface area (Å²) in [6.07, 6.45) is 1.36. The summed E-state index contributed by atoms with van der Waals surface area (Å²) in [5.74, 6) is 0.483. The van der Waals surface area contributed by atoms with Crippen LogP contribution < -0.4 is 4.74 Å².